The van der Waals surface area contributed by atoms with Gasteiger partial charge in [0.15, 0.2) is 0 Å². The zero-order valence-electron chi connectivity index (χ0n) is 9.24. The van der Waals surface area contributed by atoms with Gasteiger partial charge in [-0.05, 0) is 12.5 Å². The molecule has 0 aliphatic carbocycles. The smallest absolute Gasteiger partial charge is 0.339 e. The van der Waals surface area contributed by atoms with Gasteiger partial charge in [-0.1, -0.05) is 0 Å². The molecular formula is C10H13F2N3O2. The third-order valence-electron chi connectivity index (χ3n) is 2.14. The molecule has 94 valence electrons. The number of nitrogens with zero attached hydrogens (tertiary/aromatic N) is 1. The summed E-state index contributed by atoms with van der Waals surface area (Å²) in [7, 11) is 0. The van der Waals surface area contributed by atoms with Crippen LogP contribution in [0.1, 0.15) is 34.8 Å². The molecule has 1 heterocycles. The molecule has 17 heavy (non-hydrogen) atoms. The highest BCUT2D eigenvalue weighted by atomic mass is 19.3. The van der Waals surface area contributed by atoms with Crippen LogP contribution in [0.25, 0.3) is 0 Å². The molecule has 7 heteroatoms. The summed E-state index contributed by atoms with van der Waals surface area (Å²) in [6.07, 6.45) is -1.71. The van der Waals surface area contributed by atoms with Crippen LogP contribution in [0.4, 0.5) is 14.6 Å². The minimum atomic E-state index is -2.91. The first-order valence-electron chi connectivity index (χ1n) is 4.95. The predicted molar refractivity (Wildman–Crippen MR) is 57.5 cm³/mol. The molecule has 0 fully saturated rings. The van der Waals surface area contributed by atoms with Crippen molar-refractivity contribution in [3.05, 3.63) is 22.9 Å². The second-order valence-electron chi connectivity index (χ2n) is 3.18. The van der Waals surface area contributed by atoms with E-state index in [0.717, 1.165) is 0 Å². The van der Waals surface area contributed by atoms with Gasteiger partial charge in [0, 0.05) is 12.7 Å². The Morgan fingerprint density at radius 1 is 1.59 bits per heavy atom. The second-order valence-corrected chi connectivity index (χ2v) is 3.18. The van der Waals surface area contributed by atoms with Crippen molar-refractivity contribution in [2.75, 3.05) is 12.3 Å². The molecule has 0 amide bonds. The third-order valence-corrected chi connectivity index (χ3v) is 2.14. The second kappa shape index (κ2) is 5.53. The molecule has 0 bridgehead atoms. The molecule has 0 spiro atoms. The Balaban J connectivity index is 3.40. The van der Waals surface area contributed by atoms with Crippen molar-refractivity contribution in [2.45, 2.75) is 19.9 Å². The number of halogens is 2. The summed E-state index contributed by atoms with van der Waals surface area (Å²) < 4.78 is 30.4. The van der Waals surface area contributed by atoms with Gasteiger partial charge < -0.3 is 16.2 Å². The zero-order chi connectivity index (χ0) is 13.0. The Kier molecular flexibility index (Phi) is 4.33. The molecule has 4 N–H and O–H groups in total. The minimum Gasteiger partial charge on any atom is -0.462 e. The van der Waals surface area contributed by atoms with Crippen molar-refractivity contribution < 1.29 is 18.3 Å². The van der Waals surface area contributed by atoms with Crippen LogP contribution in [0.3, 0.4) is 0 Å². The molecule has 0 aliphatic heterocycles. The van der Waals surface area contributed by atoms with E-state index in [9.17, 15) is 13.6 Å². The van der Waals surface area contributed by atoms with Crippen LogP contribution in [-0.2, 0) is 11.3 Å². The molecule has 0 atom stereocenters. The topological polar surface area (TPSA) is 91.2 Å². The van der Waals surface area contributed by atoms with Crippen LogP contribution in [-0.4, -0.2) is 17.6 Å². The standard InChI is InChI=1S/C10H13F2N3O2/c1-2-17-10(16)6-5(3-13)4-15-9(14)7(6)8(11)12/h4,8H,2-3,13H2,1H3,(H2,14,15). The average Bonchev–Trinajstić information content (AvgIpc) is 2.28. The SMILES string of the molecule is CCOC(=O)c1c(CN)cnc(N)c1C(F)F. The van der Waals surface area contributed by atoms with Crippen LogP contribution < -0.4 is 11.5 Å². The molecular weight excluding hydrogens is 232 g/mol. The van der Waals surface area contributed by atoms with Gasteiger partial charge in [0.25, 0.3) is 6.43 Å². The normalized spacial score (nSPS) is 10.6. The van der Waals surface area contributed by atoms with Gasteiger partial charge >= 0.3 is 5.97 Å². The van der Waals surface area contributed by atoms with Gasteiger partial charge in [0.2, 0.25) is 0 Å². The van der Waals surface area contributed by atoms with Gasteiger partial charge in [0.1, 0.15) is 5.82 Å². The molecule has 0 saturated heterocycles. The van der Waals surface area contributed by atoms with Crippen molar-refractivity contribution in [3.8, 4) is 0 Å². The number of nitrogen functional groups attached to an aromatic ring is 1. The highest BCUT2D eigenvalue weighted by Gasteiger charge is 2.26. The number of anilines is 1. The Morgan fingerprint density at radius 3 is 2.71 bits per heavy atom. The number of rotatable bonds is 4. The first-order valence-corrected chi connectivity index (χ1v) is 4.95. The molecule has 5 nitrogen and oxygen atoms in total. The van der Waals surface area contributed by atoms with Gasteiger partial charge in [-0.25, -0.2) is 18.6 Å². The summed E-state index contributed by atoms with van der Waals surface area (Å²) >= 11 is 0. The fraction of sp³-hybridized carbons (Fsp3) is 0.400. The van der Waals surface area contributed by atoms with Crippen LogP contribution in [0, 0.1) is 0 Å². The number of alkyl halides is 2. The van der Waals surface area contributed by atoms with Crippen molar-refractivity contribution in [2.24, 2.45) is 5.73 Å². The van der Waals surface area contributed by atoms with E-state index in [2.05, 4.69) is 4.98 Å². The summed E-state index contributed by atoms with van der Waals surface area (Å²) in [6, 6.07) is 0. The van der Waals surface area contributed by atoms with E-state index in [4.69, 9.17) is 16.2 Å². The Labute approximate surface area is 96.8 Å². The van der Waals surface area contributed by atoms with Crippen molar-refractivity contribution in [1.82, 2.24) is 4.98 Å². The van der Waals surface area contributed by atoms with E-state index in [1.165, 1.54) is 6.20 Å². The highest BCUT2D eigenvalue weighted by Crippen LogP contribution is 2.29. The summed E-state index contributed by atoms with van der Waals surface area (Å²) in [6.45, 7) is 1.56. The van der Waals surface area contributed by atoms with Crippen LogP contribution in [0.5, 0.6) is 0 Å². The molecule has 0 radical (unpaired) electrons. The summed E-state index contributed by atoms with van der Waals surface area (Å²) in [4.78, 5) is 15.2. The lowest BCUT2D eigenvalue weighted by Gasteiger charge is -2.13. The molecule has 0 saturated carbocycles. The predicted octanol–water partition coefficient (Wildman–Crippen LogP) is 1.24. The Morgan fingerprint density at radius 2 is 2.24 bits per heavy atom. The van der Waals surface area contributed by atoms with Gasteiger partial charge in [0.05, 0.1) is 17.7 Å². The Hall–Kier alpha value is -1.76. The first kappa shape index (κ1) is 13.3. The minimum absolute atomic E-state index is 0.0771. The van der Waals surface area contributed by atoms with E-state index in [-0.39, 0.29) is 30.1 Å². The highest BCUT2D eigenvalue weighted by molar-refractivity contribution is 5.94. The summed E-state index contributed by atoms with van der Waals surface area (Å²) in [5, 5.41) is 0. The maximum absolute atomic E-state index is 12.8. The molecule has 1 aromatic heterocycles. The lowest BCUT2D eigenvalue weighted by molar-refractivity contribution is 0.0514. The molecule has 0 aromatic carbocycles. The molecule has 0 aliphatic rings. The number of ether oxygens (including phenoxy) is 1. The largest absolute Gasteiger partial charge is 0.462 e. The fourth-order valence-corrected chi connectivity index (χ4v) is 1.40. The van der Waals surface area contributed by atoms with Crippen molar-refractivity contribution in [3.63, 3.8) is 0 Å². The molecule has 1 rings (SSSR count). The lowest BCUT2D eigenvalue weighted by atomic mass is 10.0. The van der Waals surface area contributed by atoms with Gasteiger partial charge in [-0.15, -0.1) is 0 Å². The van der Waals surface area contributed by atoms with Gasteiger partial charge in [-0.2, -0.15) is 0 Å². The van der Waals surface area contributed by atoms with Crippen LogP contribution >= 0.6 is 0 Å². The monoisotopic (exact) mass is 245 g/mol. The van der Waals surface area contributed by atoms with Crippen LogP contribution in [0.2, 0.25) is 0 Å². The maximum atomic E-state index is 12.8. The number of nitrogens with two attached hydrogens (primary N) is 2. The number of pyridine rings is 1. The van der Waals surface area contributed by atoms with Crippen molar-refractivity contribution >= 4 is 11.8 Å². The number of hydrogen-bond acceptors (Lipinski definition) is 5. The van der Waals surface area contributed by atoms with Crippen LogP contribution in [0.15, 0.2) is 6.20 Å². The Bertz CT molecular complexity index is 424. The summed E-state index contributed by atoms with van der Waals surface area (Å²) in [5.41, 5.74) is 10.00. The van der Waals surface area contributed by atoms with E-state index >= 15 is 0 Å². The maximum Gasteiger partial charge on any atom is 0.339 e. The van der Waals surface area contributed by atoms with Crippen molar-refractivity contribution in [1.29, 1.82) is 0 Å². The quantitative estimate of drug-likeness (QED) is 0.778. The van der Waals surface area contributed by atoms with E-state index in [1.807, 2.05) is 0 Å². The molecule has 0 unspecified atom stereocenters. The third kappa shape index (κ3) is 2.68. The van der Waals surface area contributed by atoms with Gasteiger partial charge in [-0.3, -0.25) is 0 Å². The number of carbonyl (C=O) groups is 1. The number of hydrogen-bond donors (Lipinski definition) is 2. The number of carbonyl (C=O) groups excluding carboxylic acids is 1. The van der Waals surface area contributed by atoms with E-state index < -0.39 is 18.0 Å². The number of aromatic nitrogens is 1. The zero-order valence-corrected chi connectivity index (χ0v) is 9.24. The lowest BCUT2D eigenvalue weighted by Crippen LogP contribution is -2.16. The number of esters is 1. The molecule has 1 aromatic rings. The first-order chi connectivity index (χ1) is 8.02. The fourth-order valence-electron chi connectivity index (χ4n) is 1.40. The van der Waals surface area contributed by atoms with E-state index in [0.29, 0.717) is 0 Å². The average molecular weight is 245 g/mol. The van der Waals surface area contributed by atoms with E-state index in [1.54, 1.807) is 6.92 Å². The summed E-state index contributed by atoms with van der Waals surface area (Å²) in [5.74, 6) is -1.25.